The molecule has 0 bridgehead atoms. The van der Waals surface area contributed by atoms with Gasteiger partial charge < -0.3 is 20.2 Å². The number of nitrogens with one attached hydrogen (secondary N) is 1. The summed E-state index contributed by atoms with van der Waals surface area (Å²) in [6, 6.07) is 10.7. The van der Waals surface area contributed by atoms with E-state index in [2.05, 4.69) is 19.2 Å². The van der Waals surface area contributed by atoms with Crippen LogP contribution >= 0.6 is 0 Å². The van der Waals surface area contributed by atoms with Crippen molar-refractivity contribution >= 4 is 22.7 Å². The van der Waals surface area contributed by atoms with Gasteiger partial charge >= 0.3 is 6.03 Å². The molecular weight excluding hydrogens is 342 g/mol. The first-order valence-corrected chi connectivity index (χ1v) is 9.26. The summed E-state index contributed by atoms with van der Waals surface area (Å²) < 4.78 is 0. The van der Waals surface area contributed by atoms with E-state index < -0.39 is 0 Å². The number of benzene rings is 2. The van der Waals surface area contributed by atoms with Crippen molar-refractivity contribution in [3.8, 4) is 5.75 Å². The van der Waals surface area contributed by atoms with E-state index in [0.717, 1.165) is 10.8 Å². The van der Waals surface area contributed by atoms with Gasteiger partial charge in [-0.05, 0) is 28.8 Å². The SMILES string of the molecule is CC(C)[C@@H]1CN(C(=O)c2cc3ccccc3cc2O)C[C@H]1NC(=O)N(C)C. The van der Waals surface area contributed by atoms with Gasteiger partial charge in [0.15, 0.2) is 0 Å². The number of aromatic hydroxyl groups is 1. The molecule has 6 heteroatoms. The zero-order chi connectivity index (χ0) is 19.7. The van der Waals surface area contributed by atoms with E-state index in [-0.39, 0.29) is 29.6 Å². The Morgan fingerprint density at radius 3 is 2.37 bits per heavy atom. The molecule has 1 heterocycles. The Bertz CT molecular complexity index is 863. The van der Waals surface area contributed by atoms with E-state index in [4.69, 9.17) is 0 Å². The number of amides is 3. The first-order chi connectivity index (χ1) is 12.8. The maximum atomic E-state index is 13.1. The third-order valence-electron chi connectivity index (χ3n) is 5.32. The molecule has 1 aliphatic rings. The predicted molar refractivity (Wildman–Crippen MR) is 106 cm³/mol. The highest BCUT2D eigenvalue weighted by atomic mass is 16.3. The summed E-state index contributed by atoms with van der Waals surface area (Å²) >= 11 is 0. The van der Waals surface area contributed by atoms with Crippen LogP contribution in [-0.4, -0.2) is 60.1 Å². The van der Waals surface area contributed by atoms with Crippen LogP contribution in [0.4, 0.5) is 4.79 Å². The largest absolute Gasteiger partial charge is 0.507 e. The summed E-state index contributed by atoms with van der Waals surface area (Å²) in [6.45, 7) is 5.19. The van der Waals surface area contributed by atoms with Crippen molar-refractivity contribution in [1.29, 1.82) is 0 Å². The van der Waals surface area contributed by atoms with Crippen LogP contribution in [0, 0.1) is 11.8 Å². The smallest absolute Gasteiger partial charge is 0.317 e. The fraction of sp³-hybridized carbons (Fsp3) is 0.429. The van der Waals surface area contributed by atoms with Gasteiger partial charge in [0.25, 0.3) is 5.91 Å². The lowest BCUT2D eigenvalue weighted by molar-refractivity contribution is 0.0779. The van der Waals surface area contributed by atoms with Crippen LogP contribution in [0.15, 0.2) is 36.4 Å². The highest BCUT2D eigenvalue weighted by Gasteiger charge is 2.38. The zero-order valence-corrected chi connectivity index (χ0v) is 16.3. The summed E-state index contributed by atoms with van der Waals surface area (Å²) in [5, 5.41) is 15.2. The molecule has 27 heavy (non-hydrogen) atoms. The molecule has 2 aromatic carbocycles. The molecule has 1 aliphatic heterocycles. The van der Waals surface area contributed by atoms with Gasteiger partial charge in [-0.15, -0.1) is 0 Å². The monoisotopic (exact) mass is 369 g/mol. The first kappa shape index (κ1) is 19.0. The van der Waals surface area contributed by atoms with Crippen LogP contribution in [0.25, 0.3) is 10.8 Å². The van der Waals surface area contributed by atoms with Crippen molar-refractivity contribution in [2.24, 2.45) is 11.8 Å². The van der Waals surface area contributed by atoms with Crippen molar-refractivity contribution in [3.05, 3.63) is 42.0 Å². The van der Waals surface area contributed by atoms with Gasteiger partial charge in [0.05, 0.1) is 11.6 Å². The number of phenols is 1. The Hall–Kier alpha value is -2.76. The quantitative estimate of drug-likeness (QED) is 0.874. The second kappa shape index (κ2) is 7.47. The molecule has 1 saturated heterocycles. The highest BCUT2D eigenvalue weighted by Crippen LogP contribution is 2.30. The van der Waals surface area contributed by atoms with Gasteiger partial charge in [0.2, 0.25) is 0 Å². The Balaban J connectivity index is 1.84. The molecule has 144 valence electrons. The second-order valence-corrected chi connectivity index (χ2v) is 7.78. The van der Waals surface area contributed by atoms with Gasteiger partial charge in [-0.1, -0.05) is 38.1 Å². The van der Waals surface area contributed by atoms with Crippen LogP contribution in [-0.2, 0) is 0 Å². The number of hydrogen-bond acceptors (Lipinski definition) is 3. The molecule has 2 aromatic rings. The molecule has 0 saturated carbocycles. The lowest BCUT2D eigenvalue weighted by Crippen LogP contribution is -2.46. The Labute approximate surface area is 159 Å². The van der Waals surface area contributed by atoms with Gasteiger partial charge in [-0.25, -0.2) is 4.79 Å². The van der Waals surface area contributed by atoms with E-state index in [0.29, 0.717) is 24.6 Å². The van der Waals surface area contributed by atoms with Crippen LogP contribution in [0.2, 0.25) is 0 Å². The van der Waals surface area contributed by atoms with Crippen LogP contribution < -0.4 is 5.32 Å². The average Bonchev–Trinajstić information content (AvgIpc) is 3.04. The minimum absolute atomic E-state index is 0.0134. The minimum atomic E-state index is -0.203. The van der Waals surface area contributed by atoms with Crippen molar-refractivity contribution < 1.29 is 14.7 Å². The predicted octanol–water partition coefficient (Wildman–Crippen LogP) is 2.91. The molecule has 0 radical (unpaired) electrons. The Morgan fingerprint density at radius 1 is 1.15 bits per heavy atom. The number of likely N-dealkylation sites (tertiary alicyclic amines) is 1. The number of urea groups is 1. The molecular formula is C21H27N3O3. The third kappa shape index (κ3) is 3.84. The summed E-state index contributed by atoms with van der Waals surface area (Å²) in [4.78, 5) is 28.4. The number of carbonyl (C=O) groups is 2. The highest BCUT2D eigenvalue weighted by molar-refractivity contribution is 6.01. The molecule has 0 aromatic heterocycles. The van der Waals surface area contributed by atoms with Crippen molar-refractivity contribution in [2.75, 3.05) is 27.2 Å². The molecule has 3 rings (SSSR count). The molecule has 0 unspecified atom stereocenters. The second-order valence-electron chi connectivity index (χ2n) is 7.78. The van der Waals surface area contributed by atoms with E-state index in [1.54, 1.807) is 31.1 Å². The number of rotatable bonds is 3. The molecule has 2 N–H and O–H groups in total. The number of nitrogens with zero attached hydrogens (tertiary/aromatic N) is 2. The fourth-order valence-electron chi connectivity index (χ4n) is 3.68. The van der Waals surface area contributed by atoms with Crippen LogP contribution in [0.3, 0.4) is 0 Å². The van der Waals surface area contributed by atoms with Crippen molar-refractivity contribution in [2.45, 2.75) is 19.9 Å². The fourth-order valence-corrected chi connectivity index (χ4v) is 3.68. The lowest BCUT2D eigenvalue weighted by atomic mass is 9.91. The number of carbonyl (C=O) groups excluding carboxylic acids is 2. The summed E-state index contributed by atoms with van der Waals surface area (Å²) in [5.41, 5.74) is 0.302. The topological polar surface area (TPSA) is 72.9 Å². The zero-order valence-electron chi connectivity index (χ0n) is 16.3. The number of hydrogen-bond donors (Lipinski definition) is 2. The summed E-state index contributed by atoms with van der Waals surface area (Å²) in [7, 11) is 3.40. The standard InChI is InChI=1S/C21H27N3O3/c1-13(2)17-11-24(12-18(17)22-21(27)23(3)4)20(26)16-9-14-7-5-6-8-15(14)10-19(16)25/h5-10,13,17-18,25H,11-12H2,1-4H3,(H,22,27)/t17-,18+/m0/s1. The molecule has 0 aliphatic carbocycles. The maximum absolute atomic E-state index is 13.1. The van der Waals surface area contributed by atoms with Gasteiger partial charge in [0, 0.05) is 33.1 Å². The van der Waals surface area contributed by atoms with E-state index >= 15 is 0 Å². The van der Waals surface area contributed by atoms with E-state index in [9.17, 15) is 14.7 Å². The minimum Gasteiger partial charge on any atom is -0.507 e. The van der Waals surface area contributed by atoms with Crippen LogP contribution in [0.1, 0.15) is 24.2 Å². The van der Waals surface area contributed by atoms with Gasteiger partial charge in [-0.3, -0.25) is 4.79 Å². The molecule has 1 fully saturated rings. The lowest BCUT2D eigenvalue weighted by Gasteiger charge is -2.24. The Morgan fingerprint density at radius 2 is 1.78 bits per heavy atom. The Kier molecular flexibility index (Phi) is 5.26. The van der Waals surface area contributed by atoms with Gasteiger partial charge in [0.1, 0.15) is 5.75 Å². The van der Waals surface area contributed by atoms with Crippen molar-refractivity contribution in [3.63, 3.8) is 0 Å². The maximum Gasteiger partial charge on any atom is 0.317 e. The summed E-state index contributed by atoms with van der Waals surface area (Å²) in [6.07, 6.45) is 0. The van der Waals surface area contributed by atoms with E-state index in [1.165, 1.54) is 4.90 Å². The number of phenolic OH excluding ortho intramolecular Hbond substituents is 1. The normalized spacial score (nSPS) is 19.5. The van der Waals surface area contributed by atoms with Gasteiger partial charge in [-0.2, -0.15) is 0 Å². The summed E-state index contributed by atoms with van der Waals surface area (Å²) in [5.74, 6) is 0.270. The van der Waals surface area contributed by atoms with Crippen LogP contribution in [0.5, 0.6) is 5.75 Å². The molecule has 3 amide bonds. The van der Waals surface area contributed by atoms with Crippen molar-refractivity contribution in [1.82, 2.24) is 15.1 Å². The molecule has 6 nitrogen and oxygen atoms in total. The molecule has 0 spiro atoms. The first-order valence-electron chi connectivity index (χ1n) is 9.26. The molecule has 2 atom stereocenters. The van der Waals surface area contributed by atoms with E-state index in [1.807, 2.05) is 24.3 Å². The third-order valence-corrected chi connectivity index (χ3v) is 5.32. The number of fused-ring (bicyclic) bond motifs is 1. The average molecular weight is 369 g/mol.